The summed E-state index contributed by atoms with van der Waals surface area (Å²) in [6.45, 7) is 2.20. The Morgan fingerprint density at radius 2 is 2.00 bits per heavy atom. The molecule has 2 aromatic carbocycles. The van der Waals surface area contributed by atoms with Gasteiger partial charge in [-0.25, -0.2) is 4.79 Å². The van der Waals surface area contributed by atoms with Crippen LogP contribution in [0, 0.1) is 10.1 Å². The van der Waals surface area contributed by atoms with Gasteiger partial charge in [0.05, 0.1) is 16.5 Å². The Hall–Kier alpha value is -3.42. The maximum Gasteiger partial charge on any atom is 0.419 e. The van der Waals surface area contributed by atoms with E-state index in [1.807, 2.05) is 13.0 Å². The first-order valence-electron chi connectivity index (χ1n) is 8.97. The Bertz CT molecular complexity index is 1070. The third kappa shape index (κ3) is 3.95. The smallest absolute Gasteiger partial charge is 0.408 e. The highest BCUT2D eigenvalue weighted by molar-refractivity contribution is 5.76. The number of para-hydroxylation sites is 2. The number of aromatic nitrogens is 1. The number of nitro benzene ring substituents is 1. The molecule has 3 aromatic rings. The van der Waals surface area contributed by atoms with E-state index < -0.39 is 10.7 Å². The summed E-state index contributed by atoms with van der Waals surface area (Å²) >= 11 is 0. The van der Waals surface area contributed by atoms with Gasteiger partial charge in [0.25, 0.3) is 5.69 Å². The Labute approximate surface area is 161 Å². The first-order valence-corrected chi connectivity index (χ1v) is 8.97. The highest BCUT2D eigenvalue weighted by atomic mass is 16.6. The molecule has 8 nitrogen and oxygen atoms in total. The summed E-state index contributed by atoms with van der Waals surface area (Å²) in [6.07, 6.45) is 0.732. The Morgan fingerprint density at radius 1 is 1.25 bits per heavy atom. The molecule has 8 heteroatoms. The fourth-order valence-corrected chi connectivity index (χ4v) is 3.13. The predicted molar refractivity (Wildman–Crippen MR) is 104 cm³/mol. The minimum atomic E-state index is -0.453. The molecule has 28 heavy (non-hydrogen) atoms. The second kappa shape index (κ2) is 8.08. The summed E-state index contributed by atoms with van der Waals surface area (Å²) in [5.41, 5.74) is 1.92. The fourth-order valence-electron chi connectivity index (χ4n) is 3.13. The normalized spacial score (nSPS) is 12.1. The number of amides is 1. The zero-order valence-electron chi connectivity index (χ0n) is 15.7. The number of aryl methyl sites for hydroxylation is 1. The van der Waals surface area contributed by atoms with Crippen LogP contribution >= 0.6 is 0 Å². The Balaban J connectivity index is 1.62. The van der Waals surface area contributed by atoms with Gasteiger partial charge in [-0.05, 0) is 31.0 Å². The van der Waals surface area contributed by atoms with Crippen molar-refractivity contribution in [1.82, 2.24) is 9.47 Å². The monoisotopic (exact) mass is 383 g/mol. The zero-order valence-corrected chi connectivity index (χ0v) is 15.7. The summed E-state index contributed by atoms with van der Waals surface area (Å²) < 4.78 is 6.71. The van der Waals surface area contributed by atoms with Crippen LogP contribution in [0.1, 0.15) is 31.4 Å². The van der Waals surface area contributed by atoms with Crippen molar-refractivity contribution in [3.63, 3.8) is 0 Å². The van der Waals surface area contributed by atoms with Crippen molar-refractivity contribution in [3.05, 3.63) is 74.8 Å². The summed E-state index contributed by atoms with van der Waals surface area (Å²) in [7, 11) is 1.67. The number of non-ortho nitro benzene ring substituents is 1. The molecule has 146 valence electrons. The van der Waals surface area contributed by atoms with E-state index in [9.17, 15) is 19.7 Å². The highest BCUT2D eigenvalue weighted by Crippen LogP contribution is 2.23. The van der Waals surface area contributed by atoms with Gasteiger partial charge in [0, 0.05) is 32.1 Å². The van der Waals surface area contributed by atoms with Crippen LogP contribution in [0.3, 0.4) is 0 Å². The molecule has 1 amide bonds. The van der Waals surface area contributed by atoms with Crippen LogP contribution in [0.15, 0.2) is 57.7 Å². The number of hydrogen-bond donors (Lipinski definition) is 0. The molecule has 0 bridgehead atoms. The topological polar surface area (TPSA) is 98.6 Å². The van der Waals surface area contributed by atoms with Crippen molar-refractivity contribution in [2.75, 3.05) is 7.05 Å². The lowest BCUT2D eigenvalue weighted by molar-refractivity contribution is -0.384. The van der Waals surface area contributed by atoms with Crippen LogP contribution in [0.2, 0.25) is 0 Å². The lowest BCUT2D eigenvalue weighted by Gasteiger charge is -2.25. The molecule has 0 saturated carbocycles. The van der Waals surface area contributed by atoms with E-state index in [-0.39, 0.29) is 24.1 Å². The number of rotatable bonds is 7. The second-order valence-corrected chi connectivity index (χ2v) is 6.62. The first-order chi connectivity index (χ1) is 13.4. The van der Waals surface area contributed by atoms with Crippen molar-refractivity contribution in [2.45, 2.75) is 32.4 Å². The van der Waals surface area contributed by atoms with Crippen molar-refractivity contribution >= 4 is 22.7 Å². The van der Waals surface area contributed by atoms with Gasteiger partial charge in [0.2, 0.25) is 5.91 Å². The minimum Gasteiger partial charge on any atom is -0.408 e. The molecule has 0 spiro atoms. The number of carbonyl (C=O) groups excluding carboxylic acids is 1. The van der Waals surface area contributed by atoms with E-state index in [0.717, 1.165) is 0 Å². The van der Waals surface area contributed by atoms with Crippen LogP contribution in [-0.4, -0.2) is 27.3 Å². The maximum atomic E-state index is 12.5. The number of nitrogens with zero attached hydrogens (tertiary/aromatic N) is 3. The van der Waals surface area contributed by atoms with E-state index in [1.165, 1.54) is 16.7 Å². The summed E-state index contributed by atoms with van der Waals surface area (Å²) in [4.78, 5) is 36.6. The average Bonchev–Trinajstić information content (AvgIpc) is 3.02. The molecule has 1 heterocycles. The summed E-state index contributed by atoms with van der Waals surface area (Å²) in [5, 5.41) is 10.9. The van der Waals surface area contributed by atoms with E-state index >= 15 is 0 Å². The SMILES string of the molecule is CC(c1cccc([N+](=O)[O-])c1)N(C)C(=O)CCCn1c(=O)oc2ccccc21. The first kappa shape index (κ1) is 19.3. The lowest BCUT2D eigenvalue weighted by Crippen LogP contribution is -2.29. The molecular formula is C20H21N3O5. The van der Waals surface area contributed by atoms with E-state index in [2.05, 4.69) is 0 Å². The van der Waals surface area contributed by atoms with Gasteiger partial charge in [0.15, 0.2) is 5.58 Å². The maximum absolute atomic E-state index is 12.5. The van der Waals surface area contributed by atoms with E-state index in [4.69, 9.17) is 4.42 Å². The molecule has 0 aliphatic rings. The second-order valence-electron chi connectivity index (χ2n) is 6.62. The molecule has 0 aliphatic heterocycles. The number of nitro groups is 1. The Morgan fingerprint density at radius 3 is 2.75 bits per heavy atom. The molecule has 0 fully saturated rings. The standard InChI is InChI=1S/C20H21N3O5/c1-14(15-7-5-8-16(13-15)23(26)27)21(2)19(24)11-6-12-22-17-9-3-4-10-18(17)28-20(22)25/h3-5,7-10,13-14H,6,11-12H2,1-2H3. The molecule has 3 rings (SSSR count). The number of oxazole rings is 1. The van der Waals surface area contributed by atoms with E-state index in [1.54, 1.807) is 42.3 Å². The summed E-state index contributed by atoms with van der Waals surface area (Å²) in [5.74, 6) is -0.535. The van der Waals surface area contributed by atoms with Gasteiger partial charge in [-0.2, -0.15) is 0 Å². The molecule has 1 unspecified atom stereocenters. The van der Waals surface area contributed by atoms with E-state index in [0.29, 0.717) is 29.6 Å². The van der Waals surface area contributed by atoms with Gasteiger partial charge < -0.3 is 9.32 Å². The van der Waals surface area contributed by atoms with Gasteiger partial charge in [0.1, 0.15) is 0 Å². The van der Waals surface area contributed by atoms with Crippen LogP contribution in [-0.2, 0) is 11.3 Å². The van der Waals surface area contributed by atoms with Gasteiger partial charge in [-0.3, -0.25) is 19.5 Å². The number of benzene rings is 2. The third-order valence-electron chi connectivity index (χ3n) is 4.88. The molecular weight excluding hydrogens is 362 g/mol. The predicted octanol–water partition coefficient (Wildman–Crippen LogP) is 3.50. The number of hydrogen-bond acceptors (Lipinski definition) is 5. The largest absolute Gasteiger partial charge is 0.419 e. The van der Waals surface area contributed by atoms with Crippen LogP contribution in [0.25, 0.3) is 11.1 Å². The van der Waals surface area contributed by atoms with Crippen molar-refractivity contribution in [3.8, 4) is 0 Å². The van der Waals surface area contributed by atoms with Crippen LogP contribution in [0.4, 0.5) is 5.69 Å². The zero-order chi connectivity index (χ0) is 20.3. The molecule has 1 atom stereocenters. The molecule has 0 N–H and O–H groups in total. The molecule has 0 radical (unpaired) electrons. The highest BCUT2D eigenvalue weighted by Gasteiger charge is 2.19. The molecule has 1 aromatic heterocycles. The van der Waals surface area contributed by atoms with Gasteiger partial charge in [-0.15, -0.1) is 0 Å². The minimum absolute atomic E-state index is 0.00332. The molecule has 0 aliphatic carbocycles. The van der Waals surface area contributed by atoms with Gasteiger partial charge in [-0.1, -0.05) is 24.3 Å². The van der Waals surface area contributed by atoms with Gasteiger partial charge >= 0.3 is 5.76 Å². The average molecular weight is 383 g/mol. The Kier molecular flexibility index (Phi) is 5.58. The third-order valence-corrected chi connectivity index (χ3v) is 4.88. The van der Waals surface area contributed by atoms with Crippen molar-refractivity contribution in [2.24, 2.45) is 0 Å². The van der Waals surface area contributed by atoms with Crippen molar-refractivity contribution in [1.29, 1.82) is 0 Å². The quantitative estimate of drug-likeness (QED) is 0.459. The molecule has 0 saturated heterocycles. The number of fused-ring (bicyclic) bond motifs is 1. The van der Waals surface area contributed by atoms with Crippen molar-refractivity contribution < 1.29 is 14.1 Å². The van der Waals surface area contributed by atoms with Crippen LogP contribution in [0.5, 0.6) is 0 Å². The fraction of sp³-hybridized carbons (Fsp3) is 0.300. The summed E-state index contributed by atoms with van der Waals surface area (Å²) in [6, 6.07) is 13.1. The number of carbonyl (C=O) groups is 1. The lowest BCUT2D eigenvalue weighted by atomic mass is 10.1. The van der Waals surface area contributed by atoms with Crippen LogP contribution < -0.4 is 5.76 Å².